The van der Waals surface area contributed by atoms with Crippen LogP contribution in [0.3, 0.4) is 0 Å². The van der Waals surface area contributed by atoms with Crippen LogP contribution in [0.15, 0.2) is 29.2 Å². The minimum atomic E-state index is -3.63. The molecule has 100 valence electrons. The maximum atomic E-state index is 11.4. The topological polar surface area (TPSA) is 63.4 Å². The van der Waals surface area contributed by atoms with E-state index in [1.807, 2.05) is 6.07 Å². The normalized spacial score (nSPS) is 19.8. The lowest BCUT2D eigenvalue weighted by Gasteiger charge is -2.44. The molecule has 18 heavy (non-hydrogen) atoms. The van der Waals surface area contributed by atoms with E-state index in [2.05, 4.69) is 18.7 Å². The number of hydrogen-bond acceptors (Lipinski definition) is 3. The van der Waals surface area contributed by atoms with E-state index in [4.69, 9.17) is 5.14 Å². The number of rotatable bonds is 2. The van der Waals surface area contributed by atoms with Gasteiger partial charge in [0.15, 0.2) is 0 Å². The van der Waals surface area contributed by atoms with Crippen molar-refractivity contribution in [3.63, 3.8) is 0 Å². The number of benzene rings is 1. The summed E-state index contributed by atoms with van der Waals surface area (Å²) in [5.41, 5.74) is 1.00. The number of anilines is 1. The Hall–Kier alpha value is -1.07. The molecule has 4 nitrogen and oxygen atoms in total. The van der Waals surface area contributed by atoms with Crippen molar-refractivity contribution in [1.82, 2.24) is 0 Å². The van der Waals surface area contributed by atoms with Crippen LogP contribution >= 0.6 is 0 Å². The van der Waals surface area contributed by atoms with Gasteiger partial charge >= 0.3 is 0 Å². The predicted molar refractivity (Wildman–Crippen MR) is 73.1 cm³/mol. The van der Waals surface area contributed by atoms with Crippen molar-refractivity contribution in [2.24, 2.45) is 5.14 Å². The molecule has 1 fully saturated rings. The molecule has 0 amide bonds. The van der Waals surface area contributed by atoms with E-state index in [9.17, 15) is 8.42 Å². The van der Waals surface area contributed by atoms with Crippen LogP contribution in [0, 0.1) is 0 Å². The molecule has 0 unspecified atom stereocenters. The van der Waals surface area contributed by atoms with Gasteiger partial charge in [-0.1, -0.05) is 6.07 Å². The zero-order valence-electron chi connectivity index (χ0n) is 10.9. The van der Waals surface area contributed by atoms with Crippen LogP contribution in [0.2, 0.25) is 0 Å². The Morgan fingerprint density at radius 1 is 1.28 bits per heavy atom. The van der Waals surface area contributed by atoms with E-state index < -0.39 is 10.0 Å². The SMILES string of the molecule is CC1(C)CCCCN1c1cccc(S(N)(=O)=O)c1. The zero-order valence-corrected chi connectivity index (χ0v) is 11.7. The Kier molecular flexibility index (Phi) is 3.38. The van der Waals surface area contributed by atoms with E-state index in [-0.39, 0.29) is 10.4 Å². The summed E-state index contributed by atoms with van der Waals surface area (Å²) in [6, 6.07) is 6.90. The lowest BCUT2D eigenvalue weighted by atomic mass is 9.90. The fourth-order valence-corrected chi connectivity index (χ4v) is 3.13. The summed E-state index contributed by atoms with van der Waals surface area (Å²) in [5, 5.41) is 5.18. The van der Waals surface area contributed by atoms with Crippen molar-refractivity contribution in [3.05, 3.63) is 24.3 Å². The number of nitrogens with two attached hydrogens (primary N) is 1. The second-order valence-corrected chi connectivity index (χ2v) is 7.02. The van der Waals surface area contributed by atoms with Crippen molar-refractivity contribution in [2.45, 2.75) is 43.5 Å². The molecule has 0 radical (unpaired) electrons. The molecule has 1 saturated heterocycles. The maximum absolute atomic E-state index is 11.4. The van der Waals surface area contributed by atoms with Gasteiger partial charge in [0.05, 0.1) is 4.90 Å². The first kappa shape index (κ1) is 13.4. The largest absolute Gasteiger partial charge is 0.366 e. The maximum Gasteiger partial charge on any atom is 0.238 e. The summed E-state index contributed by atoms with van der Waals surface area (Å²) >= 11 is 0. The lowest BCUT2D eigenvalue weighted by Crippen LogP contribution is -2.47. The minimum Gasteiger partial charge on any atom is -0.366 e. The number of primary sulfonamides is 1. The van der Waals surface area contributed by atoms with Gasteiger partial charge in [0, 0.05) is 17.8 Å². The van der Waals surface area contributed by atoms with E-state index in [0.717, 1.165) is 25.1 Å². The second-order valence-electron chi connectivity index (χ2n) is 5.46. The summed E-state index contributed by atoms with van der Waals surface area (Å²) in [4.78, 5) is 2.45. The third-order valence-corrected chi connectivity index (χ3v) is 4.52. The number of nitrogens with zero attached hydrogens (tertiary/aromatic N) is 1. The highest BCUT2D eigenvalue weighted by Crippen LogP contribution is 2.33. The molecule has 1 aromatic rings. The van der Waals surface area contributed by atoms with Gasteiger partial charge in [-0.15, -0.1) is 0 Å². The molecule has 1 heterocycles. The monoisotopic (exact) mass is 268 g/mol. The molecule has 5 heteroatoms. The fraction of sp³-hybridized carbons (Fsp3) is 0.538. The fourth-order valence-electron chi connectivity index (χ4n) is 2.57. The number of sulfonamides is 1. The quantitative estimate of drug-likeness (QED) is 0.893. The average molecular weight is 268 g/mol. The number of hydrogen-bond donors (Lipinski definition) is 1. The van der Waals surface area contributed by atoms with Crippen molar-refractivity contribution in [2.75, 3.05) is 11.4 Å². The van der Waals surface area contributed by atoms with Gasteiger partial charge in [0.1, 0.15) is 0 Å². The second kappa shape index (κ2) is 4.55. The highest BCUT2D eigenvalue weighted by atomic mass is 32.2. The van der Waals surface area contributed by atoms with Crippen molar-refractivity contribution in [3.8, 4) is 0 Å². The highest BCUT2D eigenvalue weighted by molar-refractivity contribution is 7.89. The molecule has 0 aromatic heterocycles. The van der Waals surface area contributed by atoms with Gasteiger partial charge in [0.2, 0.25) is 10.0 Å². The van der Waals surface area contributed by atoms with Crippen molar-refractivity contribution < 1.29 is 8.42 Å². The van der Waals surface area contributed by atoms with Gasteiger partial charge < -0.3 is 4.90 Å². The van der Waals surface area contributed by atoms with Crippen LogP contribution in [0.4, 0.5) is 5.69 Å². The molecule has 0 saturated carbocycles. The molecule has 1 aliphatic rings. The van der Waals surface area contributed by atoms with Crippen LogP contribution in [-0.2, 0) is 10.0 Å². The number of piperidine rings is 1. The molecule has 1 aromatic carbocycles. The molecule has 0 spiro atoms. The standard InChI is InChI=1S/C13H20N2O2S/c1-13(2)8-3-4-9-15(13)11-6-5-7-12(10-11)18(14,16)17/h5-7,10H,3-4,8-9H2,1-2H3,(H2,14,16,17). The van der Waals surface area contributed by atoms with Crippen LogP contribution in [0.25, 0.3) is 0 Å². The highest BCUT2D eigenvalue weighted by Gasteiger charge is 2.30. The Bertz CT molecular complexity index is 538. The average Bonchev–Trinajstić information content (AvgIpc) is 2.27. The van der Waals surface area contributed by atoms with Crippen molar-refractivity contribution >= 4 is 15.7 Å². The summed E-state index contributed by atoms with van der Waals surface area (Å²) in [7, 11) is -3.63. The smallest absolute Gasteiger partial charge is 0.238 e. The minimum absolute atomic E-state index is 0.0647. The predicted octanol–water partition coefficient (Wildman–Crippen LogP) is 2.10. The molecule has 2 N–H and O–H groups in total. The first-order valence-corrected chi connectivity index (χ1v) is 7.76. The Labute approximate surface area is 109 Å². The van der Waals surface area contributed by atoms with Gasteiger partial charge in [0.25, 0.3) is 0 Å². The zero-order chi connectivity index (χ0) is 13.4. The molecular weight excluding hydrogens is 248 g/mol. The van der Waals surface area contributed by atoms with E-state index in [1.54, 1.807) is 12.1 Å². The van der Waals surface area contributed by atoms with Gasteiger partial charge in [-0.05, 0) is 51.3 Å². The van der Waals surface area contributed by atoms with E-state index in [1.165, 1.54) is 12.5 Å². The molecule has 0 aliphatic carbocycles. The third-order valence-electron chi connectivity index (χ3n) is 3.61. The van der Waals surface area contributed by atoms with E-state index >= 15 is 0 Å². The summed E-state index contributed by atoms with van der Waals surface area (Å²) in [5.74, 6) is 0. The van der Waals surface area contributed by atoms with Gasteiger partial charge in [-0.3, -0.25) is 0 Å². The summed E-state index contributed by atoms with van der Waals surface area (Å²) < 4.78 is 22.8. The molecular formula is C13H20N2O2S. The van der Waals surface area contributed by atoms with Crippen molar-refractivity contribution in [1.29, 1.82) is 0 Å². The Morgan fingerprint density at radius 2 is 2.00 bits per heavy atom. The Balaban J connectivity index is 2.39. The Morgan fingerprint density at radius 3 is 2.61 bits per heavy atom. The molecule has 0 atom stereocenters. The van der Waals surface area contributed by atoms with Crippen LogP contribution in [0.1, 0.15) is 33.1 Å². The van der Waals surface area contributed by atoms with Gasteiger partial charge in [-0.25, -0.2) is 13.6 Å². The molecule has 1 aliphatic heterocycles. The van der Waals surface area contributed by atoms with Crippen LogP contribution in [0.5, 0.6) is 0 Å². The summed E-state index contributed by atoms with van der Waals surface area (Å²) in [6.07, 6.45) is 3.48. The third kappa shape index (κ3) is 2.67. The first-order chi connectivity index (χ1) is 8.31. The first-order valence-electron chi connectivity index (χ1n) is 6.21. The molecule has 2 rings (SSSR count). The molecule has 0 bridgehead atoms. The van der Waals surface area contributed by atoms with Crippen LogP contribution < -0.4 is 10.0 Å². The van der Waals surface area contributed by atoms with Gasteiger partial charge in [-0.2, -0.15) is 0 Å². The lowest BCUT2D eigenvalue weighted by molar-refractivity contribution is 0.361. The van der Waals surface area contributed by atoms with Crippen LogP contribution in [-0.4, -0.2) is 20.5 Å². The summed E-state index contributed by atoms with van der Waals surface area (Å²) in [6.45, 7) is 5.34. The van der Waals surface area contributed by atoms with E-state index in [0.29, 0.717) is 0 Å².